The van der Waals surface area contributed by atoms with Crippen molar-refractivity contribution in [3.8, 4) is 11.8 Å². The van der Waals surface area contributed by atoms with Gasteiger partial charge < -0.3 is 10.2 Å². The van der Waals surface area contributed by atoms with E-state index in [0.29, 0.717) is 31.5 Å². The van der Waals surface area contributed by atoms with Crippen molar-refractivity contribution in [1.29, 1.82) is 0 Å². The highest BCUT2D eigenvalue weighted by Gasteiger charge is 2.28. The van der Waals surface area contributed by atoms with Gasteiger partial charge in [-0.1, -0.05) is 11.8 Å². The van der Waals surface area contributed by atoms with E-state index in [0.717, 1.165) is 0 Å². The van der Waals surface area contributed by atoms with Crippen molar-refractivity contribution in [2.24, 2.45) is 0 Å². The number of nitrogens with zero attached hydrogens (tertiary/aromatic N) is 1. The lowest BCUT2D eigenvalue weighted by Crippen LogP contribution is -2.39. The Labute approximate surface area is 118 Å². The van der Waals surface area contributed by atoms with Gasteiger partial charge in [0.15, 0.2) is 0 Å². The maximum absolute atomic E-state index is 12.4. The fourth-order valence-corrected chi connectivity index (χ4v) is 3.55. The van der Waals surface area contributed by atoms with Crippen molar-refractivity contribution in [2.75, 3.05) is 19.7 Å². The van der Waals surface area contributed by atoms with Gasteiger partial charge in [0.25, 0.3) is 0 Å². The Morgan fingerprint density at radius 1 is 1.20 bits per heavy atom. The van der Waals surface area contributed by atoms with Crippen LogP contribution in [0.5, 0.6) is 0 Å². The van der Waals surface area contributed by atoms with Gasteiger partial charge in [0.1, 0.15) is 6.61 Å². The minimum atomic E-state index is -3.50. The second kappa shape index (κ2) is 6.37. The Kier molecular flexibility index (Phi) is 4.78. The van der Waals surface area contributed by atoms with Crippen LogP contribution < -0.4 is 0 Å². The number of piperidine rings is 1. The largest absolute Gasteiger partial charge is 0.393 e. The molecular formula is C14H17NO4S. The molecule has 0 atom stereocenters. The number of benzene rings is 1. The zero-order valence-electron chi connectivity index (χ0n) is 11.0. The van der Waals surface area contributed by atoms with E-state index in [2.05, 4.69) is 11.8 Å². The molecule has 2 rings (SSSR count). The summed E-state index contributed by atoms with van der Waals surface area (Å²) >= 11 is 0. The van der Waals surface area contributed by atoms with Crippen LogP contribution >= 0.6 is 0 Å². The Morgan fingerprint density at radius 2 is 1.80 bits per heavy atom. The lowest BCUT2D eigenvalue weighted by atomic mass is 10.1. The van der Waals surface area contributed by atoms with Crippen molar-refractivity contribution in [3.63, 3.8) is 0 Å². The van der Waals surface area contributed by atoms with Gasteiger partial charge in [-0.25, -0.2) is 8.42 Å². The predicted octanol–water partition coefficient (Wildman–Crippen LogP) is 0.176. The van der Waals surface area contributed by atoms with Crippen LogP contribution in [0, 0.1) is 11.8 Å². The zero-order chi connectivity index (χ0) is 14.6. The first-order valence-electron chi connectivity index (χ1n) is 6.42. The topological polar surface area (TPSA) is 77.8 Å². The van der Waals surface area contributed by atoms with Gasteiger partial charge in [-0.05, 0) is 37.1 Å². The molecule has 0 saturated carbocycles. The van der Waals surface area contributed by atoms with E-state index >= 15 is 0 Å². The number of hydrogen-bond donors (Lipinski definition) is 2. The van der Waals surface area contributed by atoms with Crippen molar-refractivity contribution < 1.29 is 18.6 Å². The summed E-state index contributed by atoms with van der Waals surface area (Å²) < 4.78 is 26.2. The van der Waals surface area contributed by atoms with Gasteiger partial charge in [0.2, 0.25) is 10.0 Å². The Morgan fingerprint density at radius 3 is 2.35 bits per heavy atom. The lowest BCUT2D eigenvalue weighted by Gasteiger charge is -2.28. The van der Waals surface area contributed by atoms with Crippen molar-refractivity contribution in [3.05, 3.63) is 29.8 Å². The normalized spacial score (nSPS) is 17.5. The molecule has 5 nitrogen and oxygen atoms in total. The van der Waals surface area contributed by atoms with Gasteiger partial charge in [-0.3, -0.25) is 0 Å². The molecular weight excluding hydrogens is 278 g/mol. The average molecular weight is 295 g/mol. The first-order chi connectivity index (χ1) is 9.54. The summed E-state index contributed by atoms with van der Waals surface area (Å²) in [6, 6.07) is 6.27. The van der Waals surface area contributed by atoms with Crippen LogP contribution in [0.15, 0.2) is 29.2 Å². The molecule has 20 heavy (non-hydrogen) atoms. The quantitative estimate of drug-likeness (QED) is 0.763. The number of sulfonamides is 1. The number of aliphatic hydroxyl groups is 2. The van der Waals surface area contributed by atoms with E-state index in [9.17, 15) is 13.5 Å². The van der Waals surface area contributed by atoms with Crippen LogP contribution in [-0.4, -0.2) is 48.7 Å². The Balaban J connectivity index is 2.17. The molecule has 0 unspecified atom stereocenters. The van der Waals surface area contributed by atoms with E-state index in [1.807, 2.05) is 0 Å². The van der Waals surface area contributed by atoms with Gasteiger partial charge in [-0.15, -0.1) is 0 Å². The minimum Gasteiger partial charge on any atom is -0.393 e. The molecule has 0 radical (unpaired) electrons. The maximum Gasteiger partial charge on any atom is 0.243 e. The molecule has 1 heterocycles. The van der Waals surface area contributed by atoms with Crippen LogP contribution in [0.2, 0.25) is 0 Å². The monoisotopic (exact) mass is 295 g/mol. The van der Waals surface area contributed by atoms with Gasteiger partial charge in [-0.2, -0.15) is 4.31 Å². The van der Waals surface area contributed by atoms with Crippen LogP contribution in [0.4, 0.5) is 0 Å². The zero-order valence-corrected chi connectivity index (χ0v) is 11.8. The molecule has 0 amide bonds. The Bertz CT molecular complexity index is 605. The van der Waals surface area contributed by atoms with Crippen molar-refractivity contribution in [2.45, 2.75) is 23.8 Å². The molecule has 1 saturated heterocycles. The van der Waals surface area contributed by atoms with Gasteiger partial charge in [0, 0.05) is 18.7 Å². The highest BCUT2D eigenvalue weighted by atomic mass is 32.2. The molecule has 108 valence electrons. The maximum atomic E-state index is 12.4. The van der Waals surface area contributed by atoms with E-state index in [4.69, 9.17) is 5.11 Å². The predicted molar refractivity (Wildman–Crippen MR) is 74.4 cm³/mol. The summed E-state index contributed by atoms with van der Waals surface area (Å²) in [6.07, 6.45) is 0.538. The molecule has 6 heteroatoms. The fraction of sp³-hybridized carbons (Fsp3) is 0.429. The molecule has 1 aromatic carbocycles. The molecule has 1 aromatic rings. The number of aliphatic hydroxyl groups excluding tert-OH is 2. The first kappa shape index (κ1) is 15.0. The van der Waals surface area contributed by atoms with Crippen LogP contribution in [-0.2, 0) is 10.0 Å². The first-order valence-corrected chi connectivity index (χ1v) is 7.86. The third-order valence-electron chi connectivity index (χ3n) is 3.23. The summed E-state index contributed by atoms with van der Waals surface area (Å²) in [5.74, 6) is 5.23. The minimum absolute atomic E-state index is 0.225. The number of hydrogen-bond acceptors (Lipinski definition) is 4. The lowest BCUT2D eigenvalue weighted by molar-refractivity contribution is 0.113. The molecule has 0 aromatic heterocycles. The highest BCUT2D eigenvalue weighted by Crippen LogP contribution is 2.20. The van der Waals surface area contributed by atoms with Crippen molar-refractivity contribution >= 4 is 10.0 Å². The van der Waals surface area contributed by atoms with Gasteiger partial charge in [0.05, 0.1) is 11.0 Å². The second-order valence-electron chi connectivity index (χ2n) is 4.62. The summed E-state index contributed by atoms with van der Waals surface area (Å²) in [5.41, 5.74) is 0.659. The molecule has 2 N–H and O–H groups in total. The van der Waals surface area contributed by atoms with Gasteiger partial charge >= 0.3 is 0 Å². The second-order valence-corrected chi connectivity index (χ2v) is 6.56. The van der Waals surface area contributed by atoms with Crippen LogP contribution in [0.1, 0.15) is 18.4 Å². The third kappa shape index (κ3) is 3.38. The summed E-state index contributed by atoms with van der Waals surface area (Å²) in [5, 5.41) is 18.0. The average Bonchev–Trinajstić information content (AvgIpc) is 2.46. The van der Waals surface area contributed by atoms with E-state index in [1.54, 1.807) is 12.1 Å². The highest BCUT2D eigenvalue weighted by molar-refractivity contribution is 7.89. The summed E-state index contributed by atoms with van der Waals surface area (Å²) in [7, 11) is -3.50. The van der Waals surface area contributed by atoms with Crippen LogP contribution in [0.25, 0.3) is 0 Å². The SMILES string of the molecule is O=S(=O)(c1ccc(C#CCO)cc1)N1CCC(O)CC1. The summed E-state index contributed by atoms with van der Waals surface area (Å²) in [4.78, 5) is 0.225. The molecule has 1 aliphatic heterocycles. The van der Waals surface area contributed by atoms with Crippen molar-refractivity contribution in [1.82, 2.24) is 4.31 Å². The van der Waals surface area contributed by atoms with Crippen LogP contribution in [0.3, 0.4) is 0 Å². The fourth-order valence-electron chi connectivity index (χ4n) is 2.08. The third-order valence-corrected chi connectivity index (χ3v) is 5.14. The van der Waals surface area contributed by atoms with E-state index < -0.39 is 16.1 Å². The summed E-state index contributed by atoms with van der Waals surface area (Å²) in [6.45, 7) is 0.460. The Hall–Kier alpha value is -1.39. The van der Waals surface area contributed by atoms with E-state index in [1.165, 1.54) is 16.4 Å². The smallest absolute Gasteiger partial charge is 0.243 e. The molecule has 0 aliphatic carbocycles. The molecule has 0 spiro atoms. The van der Waals surface area contributed by atoms with E-state index in [-0.39, 0.29) is 11.5 Å². The molecule has 1 fully saturated rings. The molecule has 0 bridgehead atoms. The molecule has 1 aliphatic rings. The standard InChI is InChI=1S/C14H17NO4S/c16-11-1-2-12-3-5-14(6-4-12)20(18,19)15-9-7-13(17)8-10-15/h3-6,13,16-17H,7-11H2. The number of rotatable bonds is 2.